The molecule has 68 valence electrons. The minimum atomic E-state index is -0.549. The molecule has 0 amide bonds. The van der Waals surface area contributed by atoms with Crippen LogP contribution in [-0.2, 0) is 14.3 Å². The fourth-order valence-corrected chi connectivity index (χ4v) is 0.571. The molecule has 0 aromatic carbocycles. The van der Waals surface area contributed by atoms with Gasteiger partial charge in [-0.25, -0.2) is 4.79 Å². The largest absolute Gasteiger partial charge is 0.455 e. The van der Waals surface area contributed by atoms with Crippen LogP contribution < -0.4 is 0 Å². The Morgan fingerprint density at radius 2 is 2.17 bits per heavy atom. The molecule has 1 unspecified atom stereocenters. The zero-order valence-electron chi connectivity index (χ0n) is 7.50. The summed E-state index contributed by atoms with van der Waals surface area (Å²) in [7, 11) is 0. The van der Waals surface area contributed by atoms with Crippen molar-refractivity contribution in [1.82, 2.24) is 0 Å². The molecule has 0 aromatic rings. The van der Waals surface area contributed by atoms with Gasteiger partial charge in [0.1, 0.15) is 0 Å². The van der Waals surface area contributed by atoms with E-state index in [1.165, 1.54) is 0 Å². The smallest absolute Gasteiger partial charge is 0.330 e. The van der Waals surface area contributed by atoms with E-state index in [1.54, 1.807) is 0 Å². The molecular formula is C9H14O3. The summed E-state index contributed by atoms with van der Waals surface area (Å²) in [5.74, 6) is -0.637. The van der Waals surface area contributed by atoms with Gasteiger partial charge in [-0.2, -0.15) is 0 Å². The predicted octanol–water partition coefficient (Wildman–Crippen LogP) is 1.33. The summed E-state index contributed by atoms with van der Waals surface area (Å²) >= 11 is 0. The molecule has 0 aliphatic carbocycles. The van der Waals surface area contributed by atoms with E-state index >= 15 is 0 Å². The van der Waals surface area contributed by atoms with E-state index in [9.17, 15) is 9.59 Å². The summed E-state index contributed by atoms with van der Waals surface area (Å²) in [6.45, 7) is 6.80. The normalized spacial score (nSPS) is 11.8. The number of esters is 1. The fraction of sp³-hybridized carbons (Fsp3) is 0.556. The maximum absolute atomic E-state index is 11.1. The molecule has 0 aromatic heterocycles. The van der Waals surface area contributed by atoms with Crippen molar-refractivity contribution in [2.45, 2.75) is 20.3 Å². The van der Waals surface area contributed by atoms with E-state index in [-0.39, 0.29) is 18.3 Å². The van der Waals surface area contributed by atoms with Gasteiger partial charge in [0.2, 0.25) is 0 Å². The van der Waals surface area contributed by atoms with Gasteiger partial charge in [-0.15, -0.1) is 0 Å². The van der Waals surface area contributed by atoms with Gasteiger partial charge in [0, 0.05) is 12.0 Å². The predicted molar refractivity (Wildman–Crippen MR) is 45.6 cm³/mol. The van der Waals surface area contributed by atoms with Gasteiger partial charge in [-0.1, -0.05) is 20.4 Å². The Kier molecular flexibility index (Phi) is 5.00. The molecule has 1 atom stereocenters. The Labute approximate surface area is 72.4 Å². The third kappa shape index (κ3) is 3.91. The lowest BCUT2D eigenvalue weighted by atomic mass is 10.1. The quantitative estimate of drug-likeness (QED) is 0.462. The molecule has 0 heterocycles. The highest BCUT2D eigenvalue weighted by atomic mass is 16.5. The Balaban J connectivity index is 3.71. The van der Waals surface area contributed by atoms with E-state index in [2.05, 4.69) is 11.3 Å². The van der Waals surface area contributed by atoms with Crippen LogP contribution in [0.15, 0.2) is 12.7 Å². The second-order valence-corrected chi connectivity index (χ2v) is 2.59. The van der Waals surface area contributed by atoms with Gasteiger partial charge in [0.05, 0.1) is 0 Å². The standard InChI is InChI=1S/C9H14O3/c1-4-7(3)8(10)6-12-9(11)5-2/h5,7H,2,4,6H2,1,3H3. The Hall–Kier alpha value is -1.12. The molecule has 3 nitrogen and oxygen atoms in total. The molecule has 3 heteroatoms. The Bertz CT molecular complexity index is 184. The molecule has 0 saturated heterocycles. The zero-order valence-corrected chi connectivity index (χ0v) is 7.50. The van der Waals surface area contributed by atoms with Gasteiger partial charge in [0.25, 0.3) is 0 Å². The lowest BCUT2D eigenvalue weighted by Gasteiger charge is -2.06. The molecule has 0 radical (unpaired) electrons. The van der Waals surface area contributed by atoms with Crippen molar-refractivity contribution in [2.24, 2.45) is 5.92 Å². The van der Waals surface area contributed by atoms with E-state index < -0.39 is 5.97 Å². The third-order valence-corrected chi connectivity index (χ3v) is 1.69. The first kappa shape index (κ1) is 10.9. The van der Waals surface area contributed by atoms with Crippen molar-refractivity contribution in [2.75, 3.05) is 6.61 Å². The highest BCUT2D eigenvalue weighted by molar-refractivity contribution is 5.87. The van der Waals surface area contributed by atoms with Gasteiger partial charge in [0.15, 0.2) is 12.4 Å². The molecule has 0 fully saturated rings. The van der Waals surface area contributed by atoms with Crippen LogP contribution in [0.2, 0.25) is 0 Å². The lowest BCUT2D eigenvalue weighted by Crippen LogP contribution is -2.18. The van der Waals surface area contributed by atoms with E-state index in [1.807, 2.05) is 13.8 Å². The summed E-state index contributed by atoms with van der Waals surface area (Å²) < 4.78 is 4.57. The molecule has 0 saturated carbocycles. The number of ketones is 1. The Morgan fingerprint density at radius 1 is 1.58 bits per heavy atom. The third-order valence-electron chi connectivity index (χ3n) is 1.69. The van der Waals surface area contributed by atoms with Crippen LogP contribution >= 0.6 is 0 Å². The minimum Gasteiger partial charge on any atom is -0.455 e. The molecule has 0 aliphatic rings. The van der Waals surface area contributed by atoms with E-state index in [0.717, 1.165) is 12.5 Å². The minimum absolute atomic E-state index is 0.0392. The van der Waals surface area contributed by atoms with Gasteiger partial charge < -0.3 is 4.74 Å². The maximum Gasteiger partial charge on any atom is 0.330 e. The Morgan fingerprint density at radius 3 is 2.58 bits per heavy atom. The molecule has 12 heavy (non-hydrogen) atoms. The number of hydrogen-bond acceptors (Lipinski definition) is 3. The first-order valence-electron chi connectivity index (χ1n) is 3.93. The average Bonchev–Trinajstić information content (AvgIpc) is 2.11. The van der Waals surface area contributed by atoms with Crippen molar-refractivity contribution in [1.29, 1.82) is 0 Å². The fourth-order valence-electron chi connectivity index (χ4n) is 0.571. The topological polar surface area (TPSA) is 43.4 Å². The van der Waals surface area contributed by atoms with Crippen LogP contribution in [0.5, 0.6) is 0 Å². The van der Waals surface area contributed by atoms with Crippen molar-refractivity contribution < 1.29 is 14.3 Å². The van der Waals surface area contributed by atoms with Crippen LogP contribution in [0.1, 0.15) is 20.3 Å². The number of rotatable bonds is 5. The van der Waals surface area contributed by atoms with Crippen LogP contribution in [0.3, 0.4) is 0 Å². The van der Waals surface area contributed by atoms with Gasteiger partial charge >= 0.3 is 5.97 Å². The first-order chi connectivity index (χ1) is 5.61. The zero-order chi connectivity index (χ0) is 9.56. The average molecular weight is 170 g/mol. The van der Waals surface area contributed by atoms with Crippen LogP contribution in [0.25, 0.3) is 0 Å². The van der Waals surface area contributed by atoms with Crippen LogP contribution in [0, 0.1) is 5.92 Å². The number of carbonyl (C=O) groups excluding carboxylic acids is 2. The second kappa shape index (κ2) is 5.52. The summed E-state index contributed by atoms with van der Waals surface area (Å²) in [4.78, 5) is 21.6. The molecule has 0 N–H and O–H groups in total. The SMILES string of the molecule is C=CC(=O)OCC(=O)C(C)CC. The maximum atomic E-state index is 11.1. The summed E-state index contributed by atoms with van der Waals surface area (Å²) in [5, 5.41) is 0. The number of hydrogen-bond donors (Lipinski definition) is 0. The van der Waals surface area contributed by atoms with Crippen molar-refractivity contribution in [3.63, 3.8) is 0 Å². The molecule has 0 rings (SSSR count). The monoisotopic (exact) mass is 170 g/mol. The molecule has 0 aliphatic heterocycles. The van der Waals surface area contributed by atoms with Crippen molar-refractivity contribution in [3.05, 3.63) is 12.7 Å². The summed E-state index contributed by atoms with van der Waals surface area (Å²) in [5.41, 5.74) is 0. The number of ether oxygens (including phenoxy) is 1. The second-order valence-electron chi connectivity index (χ2n) is 2.59. The molecule has 0 bridgehead atoms. The summed E-state index contributed by atoms with van der Waals surface area (Å²) in [6.07, 6.45) is 1.81. The van der Waals surface area contributed by atoms with E-state index in [4.69, 9.17) is 0 Å². The summed E-state index contributed by atoms with van der Waals surface area (Å²) in [6, 6.07) is 0. The van der Waals surface area contributed by atoms with Crippen molar-refractivity contribution in [3.8, 4) is 0 Å². The van der Waals surface area contributed by atoms with Crippen molar-refractivity contribution >= 4 is 11.8 Å². The highest BCUT2D eigenvalue weighted by Gasteiger charge is 2.11. The lowest BCUT2D eigenvalue weighted by molar-refractivity contribution is -0.144. The molecule has 0 spiro atoms. The number of carbonyl (C=O) groups is 2. The molecular weight excluding hydrogens is 156 g/mol. The highest BCUT2D eigenvalue weighted by Crippen LogP contribution is 2.02. The van der Waals surface area contributed by atoms with Crippen LogP contribution in [-0.4, -0.2) is 18.4 Å². The van der Waals surface area contributed by atoms with Crippen LogP contribution in [0.4, 0.5) is 0 Å². The van der Waals surface area contributed by atoms with Gasteiger partial charge in [-0.3, -0.25) is 4.79 Å². The van der Waals surface area contributed by atoms with E-state index in [0.29, 0.717) is 0 Å². The first-order valence-corrected chi connectivity index (χ1v) is 3.93. The number of Topliss-reactive ketones (excluding diaryl/α,β-unsaturated/α-hetero) is 1. The van der Waals surface area contributed by atoms with Gasteiger partial charge in [-0.05, 0) is 6.42 Å².